The molecule has 0 aliphatic heterocycles. The lowest BCUT2D eigenvalue weighted by Crippen LogP contribution is -2.40. The van der Waals surface area contributed by atoms with Crippen molar-refractivity contribution in [1.82, 2.24) is 5.32 Å². The van der Waals surface area contributed by atoms with Crippen molar-refractivity contribution < 1.29 is 0 Å². The third-order valence-electron chi connectivity index (χ3n) is 5.91. The van der Waals surface area contributed by atoms with E-state index in [1.165, 1.54) is 57.9 Å². The van der Waals surface area contributed by atoms with Gasteiger partial charge < -0.3 is 5.32 Å². The Morgan fingerprint density at radius 2 is 1.53 bits per heavy atom. The molecule has 19 heavy (non-hydrogen) atoms. The van der Waals surface area contributed by atoms with Crippen LogP contribution in [0.2, 0.25) is 0 Å². The highest BCUT2D eigenvalue weighted by molar-refractivity contribution is 4.84. The van der Waals surface area contributed by atoms with Gasteiger partial charge in [0, 0.05) is 6.04 Å². The van der Waals surface area contributed by atoms with Crippen LogP contribution in [-0.4, -0.2) is 12.6 Å². The topological polar surface area (TPSA) is 12.0 Å². The molecule has 0 bridgehead atoms. The Morgan fingerprint density at radius 1 is 0.895 bits per heavy atom. The van der Waals surface area contributed by atoms with E-state index in [0.717, 1.165) is 23.8 Å². The number of nitrogens with one attached hydrogen (secondary N) is 1. The van der Waals surface area contributed by atoms with Crippen LogP contribution in [0.4, 0.5) is 0 Å². The third-order valence-corrected chi connectivity index (χ3v) is 5.91. The molecule has 0 aromatic heterocycles. The molecule has 1 nitrogen and oxygen atoms in total. The Morgan fingerprint density at radius 3 is 2.11 bits per heavy atom. The van der Waals surface area contributed by atoms with Crippen LogP contribution in [0.25, 0.3) is 0 Å². The van der Waals surface area contributed by atoms with Gasteiger partial charge >= 0.3 is 0 Å². The van der Waals surface area contributed by atoms with Crippen molar-refractivity contribution in [2.24, 2.45) is 23.2 Å². The highest BCUT2D eigenvalue weighted by atomic mass is 14.9. The Balaban J connectivity index is 1.68. The summed E-state index contributed by atoms with van der Waals surface area (Å²) in [5, 5.41) is 3.89. The van der Waals surface area contributed by atoms with Crippen molar-refractivity contribution in [3.05, 3.63) is 0 Å². The van der Waals surface area contributed by atoms with E-state index in [2.05, 4.69) is 33.0 Å². The average molecular weight is 265 g/mol. The molecule has 0 radical (unpaired) electrons. The molecule has 0 aromatic rings. The average Bonchev–Trinajstić information content (AvgIpc) is 2.37. The summed E-state index contributed by atoms with van der Waals surface area (Å²) >= 11 is 0. The van der Waals surface area contributed by atoms with Gasteiger partial charge in [0.05, 0.1) is 0 Å². The lowest BCUT2D eigenvalue weighted by Gasteiger charge is -2.38. The molecule has 0 saturated heterocycles. The maximum Gasteiger partial charge on any atom is 0.00673 e. The van der Waals surface area contributed by atoms with Gasteiger partial charge in [0.2, 0.25) is 0 Å². The van der Waals surface area contributed by atoms with Crippen molar-refractivity contribution in [2.75, 3.05) is 6.54 Å². The summed E-state index contributed by atoms with van der Waals surface area (Å²) in [7, 11) is 0. The summed E-state index contributed by atoms with van der Waals surface area (Å²) in [5.74, 6) is 2.85. The summed E-state index contributed by atoms with van der Waals surface area (Å²) in [6.07, 6.45) is 11.5. The molecule has 1 N–H and O–H groups in total. The minimum Gasteiger partial charge on any atom is -0.314 e. The zero-order valence-electron chi connectivity index (χ0n) is 13.7. The Labute approximate surface area is 120 Å². The quantitative estimate of drug-likeness (QED) is 0.756. The van der Waals surface area contributed by atoms with Crippen LogP contribution in [-0.2, 0) is 0 Å². The molecule has 0 heterocycles. The van der Waals surface area contributed by atoms with Gasteiger partial charge in [-0.15, -0.1) is 0 Å². The highest BCUT2D eigenvalue weighted by Crippen LogP contribution is 2.38. The fourth-order valence-electron chi connectivity index (χ4n) is 4.18. The summed E-state index contributed by atoms with van der Waals surface area (Å²) in [5.41, 5.74) is 0.517. The van der Waals surface area contributed by atoms with E-state index in [-0.39, 0.29) is 0 Å². The SMILES string of the molecule is CC1CCCCC1CNC1CCC(C(C)(C)C)CC1. The standard InChI is InChI=1S/C18H35N/c1-14-7-5-6-8-15(14)13-19-17-11-9-16(10-12-17)18(2,3)4/h14-17,19H,5-13H2,1-4H3. The zero-order chi connectivity index (χ0) is 13.9. The van der Waals surface area contributed by atoms with Gasteiger partial charge in [0.1, 0.15) is 0 Å². The van der Waals surface area contributed by atoms with E-state index in [1.54, 1.807) is 0 Å². The van der Waals surface area contributed by atoms with Crippen LogP contribution in [0.15, 0.2) is 0 Å². The van der Waals surface area contributed by atoms with E-state index in [1.807, 2.05) is 0 Å². The van der Waals surface area contributed by atoms with Crippen molar-refractivity contribution in [3.63, 3.8) is 0 Å². The Bertz CT molecular complexity index is 257. The van der Waals surface area contributed by atoms with E-state index in [4.69, 9.17) is 0 Å². The summed E-state index contributed by atoms with van der Waals surface area (Å²) < 4.78 is 0. The molecule has 2 unspecified atom stereocenters. The molecule has 0 amide bonds. The number of hydrogen-bond acceptors (Lipinski definition) is 1. The van der Waals surface area contributed by atoms with Gasteiger partial charge in [-0.05, 0) is 61.8 Å². The first-order valence-corrected chi connectivity index (χ1v) is 8.70. The van der Waals surface area contributed by atoms with Crippen molar-refractivity contribution in [1.29, 1.82) is 0 Å². The minimum absolute atomic E-state index is 0.517. The van der Waals surface area contributed by atoms with Gasteiger partial charge in [0.15, 0.2) is 0 Å². The molecular formula is C18H35N. The fourth-order valence-corrected chi connectivity index (χ4v) is 4.18. The normalized spacial score (nSPS) is 37.3. The van der Waals surface area contributed by atoms with E-state index in [9.17, 15) is 0 Å². The van der Waals surface area contributed by atoms with Crippen molar-refractivity contribution in [2.45, 2.75) is 85.1 Å². The minimum atomic E-state index is 0.517. The lowest BCUT2D eigenvalue weighted by atomic mass is 9.71. The smallest absolute Gasteiger partial charge is 0.00673 e. The van der Waals surface area contributed by atoms with Gasteiger partial charge in [-0.1, -0.05) is 47.0 Å². The maximum absolute atomic E-state index is 3.89. The summed E-state index contributed by atoms with van der Waals surface area (Å²) in [6.45, 7) is 11.0. The molecule has 2 rings (SSSR count). The van der Waals surface area contributed by atoms with E-state index < -0.39 is 0 Å². The lowest BCUT2D eigenvalue weighted by molar-refractivity contribution is 0.153. The number of hydrogen-bond donors (Lipinski definition) is 1. The second-order valence-corrected chi connectivity index (χ2v) is 8.34. The first kappa shape index (κ1) is 15.4. The highest BCUT2D eigenvalue weighted by Gasteiger charge is 2.30. The molecular weight excluding hydrogens is 230 g/mol. The van der Waals surface area contributed by atoms with Gasteiger partial charge in [-0.25, -0.2) is 0 Å². The van der Waals surface area contributed by atoms with Crippen LogP contribution < -0.4 is 5.32 Å². The van der Waals surface area contributed by atoms with Crippen LogP contribution in [0.3, 0.4) is 0 Å². The van der Waals surface area contributed by atoms with E-state index in [0.29, 0.717) is 5.41 Å². The largest absolute Gasteiger partial charge is 0.314 e. The second kappa shape index (κ2) is 6.61. The molecule has 2 aliphatic rings. The summed E-state index contributed by atoms with van der Waals surface area (Å²) in [6, 6.07) is 0.813. The van der Waals surface area contributed by atoms with Gasteiger partial charge in [-0.2, -0.15) is 0 Å². The van der Waals surface area contributed by atoms with Crippen LogP contribution in [0.5, 0.6) is 0 Å². The summed E-state index contributed by atoms with van der Waals surface area (Å²) in [4.78, 5) is 0. The van der Waals surface area contributed by atoms with Gasteiger partial charge in [-0.3, -0.25) is 0 Å². The molecule has 2 fully saturated rings. The third kappa shape index (κ3) is 4.48. The molecule has 112 valence electrons. The Kier molecular flexibility index (Phi) is 5.34. The maximum atomic E-state index is 3.89. The molecule has 2 atom stereocenters. The fraction of sp³-hybridized carbons (Fsp3) is 1.00. The molecule has 2 saturated carbocycles. The second-order valence-electron chi connectivity index (χ2n) is 8.34. The van der Waals surface area contributed by atoms with Crippen molar-refractivity contribution >= 4 is 0 Å². The Hall–Kier alpha value is -0.0400. The van der Waals surface area contributed by atoms with Crippen molar-refractivity contribution in [3.8, 4) is 0 Å². The molecule has 0 aromatic carbocycles. The van der Waals surface area contributed by atoms with Crippen LogP contribution >= 0.6 is 0 Å². The molecule has 1 heteroatoms. The first-order chi connectivity index (χ1) is 8.97. The molecule has 2 aliphatic carbocycles. The van der Waals surface area contributed by atoms with Gasteiger partial charge in [0.25, 0.3) is 0 Å². The predicted octanol–water partition coefficient (Wildman–Crippen LogP) is 5.01. The number of rotatable bonds is 3. The molecule has 0 spiro atoms. The predicted molar refractivity (Wildman–Crippen MR) is 84.3 cm³/mol. The zero-order valence-corrected chi connectivity index (χ0v) is 13.7. The van der Waals surface area contributed by atoms with E-state index >= 15 is 0 Å². The van der Waals surface area contributed by atoms with Crippen LogP contribution in [0, 0.1) is 23.2 Å². The monoisotopic (exact) mass is 265 g/mol. The van der Waals surface area contributed by atoms with Crippen LogP contribution in [0.1, 0.15) is 79.1 Å². The first-order valence-electron chi connectivity index (χ1n) is 8.70.